The molecule has 0 aliphatic heterocycles. The van der Waals surface area contributed by atoms with Crippen LogP contribution in [0.5, 0.6) is 5.75 Å². The van der Waals surface area contributed by atoms with Gasteiger partial charge in [0.15, 0.2) is 0 Å². The van der Waals surface area contributed by atoms with Gasteiger partial charge in [0.1, 0.15) is 17.5 Å². The van der Waals surface area contributed by atoms with Gasteiger partial charge in [0.25, 0.3) is 0 Å². The van der Waals surface area contributed by atoms with Gasteiger partial charge in [0.2, 0.25) is 0 Å². The predicted molar refractivity (Wildman–Crippen MR) is 62.4 cm³/mol. The first-order valence-corrected chi connectivity index (χ1v) is 4.97. The standard InChI is InChI=1S/C12H10ClNO/c1-2-7-15-10-5-3-9-4-6-12(13)14-11(9)8-10/h2-6,8H,1,7H2. The summed E-state index contributed by atoms with van der Waals surface area (Å²) in [4.78, 5) is 4.20. The van der Waals surface area contributed by atoms with Crippen molar-refractivity contribution in [2.24, 2.45) is 0 Å². The van der Waals surface area contributed by atoms with Crippen molar-refractivity contribution in [2.75, 3.05) is 6.61 Å². The fourth-order valence-corrected chi connectivity index (χ4v) is 1.47. The van der Waals surface area contributed by atoms with E-state index < -0.39 is 0 Å². The summed E-state index contributed by atoms with van der Waals surface area (Å²) < 4.78 is 5.40. The van der Waals surface area contributed by atoms with Gasteiger partial charge >= 0.3 is 0 Å². The van der Waals surface area contributed by atoms with Crippen LogP contribution in [0.3, 0.4) is 0 Å². The molecule has 0 saturated heterocycles. The number of rotatable bonds is 3. The average molecular weight is 220 g/mol. The van der Waals surface area contributed by atoms with Gasteiger partial charge in [-0.15, -0.1) is 0 Å². The Bertz CT molecular complexity index is 496. The Hall–Kier alpha value is -1.54. The average Bonchev–Trinajstić information content (AvgIpc) is 2.25. The monoisotopic (exact) mass is 219 g/mol. The van der Waals surface area contributed by atoms with E-state index in [2.05, 4.69) is 11.6 Å². The van der Waals surface area contributed by atoms with E-state index in [0.29, 0.717) is 11.8 Å². The third kappa shape index (κ3) is 2.28. The molecule has 1 aromatic heterocycles. The van der Waals surface area contributed by atoms with Gasteiger partial charge in [-0.25, -0.2) is 4.98 Å². The Balaban J connectivity index is 2.40. The fourth-order valence-electron chi connectivity index (χ4n) is 1.32. The molecule has 2 aromatic rings. The molecule has 2 rings (SSSR count). The highest BCUT2D eigenvalue weighted by molar-refractivity contribution is 6.29. The Morgan fingerprint density at radius 1 is 1.33 bits per heavy atom. The van der Waals surface area contributed by atoms with Crippen molar-refractivity contribution in [2.45, 2.75) is 0 Å². The molecule has 0 amide bonds. The van der Waals surface area contributed by atoms with Gasteiger partial charge in [-0.1, -0.05) is 24.3 Å². The third-order valence-corrected chi connectivity index (χ3v) is 2.21. The molecule has 0 N–H and O–H groups in total. The fraction of sp³-hybridized carbons (Fsp3) is 0.0833. The minimum Gasteiger partial charge on any atom is -0.489 e. The molecule has 1 heterocycles. The van der Waals surface area contributed by atoms with Gasteiger partial charge in [0, 0.05) is 11.5 Å². The maximum Gasteiger partial charge on any atom is 0.129 e. The molecule has 76 valence electrons. The molecule has 0 saturated carbocycles. The van der Waals surface area contributed by atoms with Crippen LogP contribution in [0.15, 0.2) is 43.0 Å². The summed E-state index contributed by atoms with van der Waals surface area (Å²) in [5.74, 6) is 0.775. The molecule has 0 aliphatic rings. The minimum absolute atomic E-state index is 0.489. The number of pyridine rings is 1. The molecular weight excluding hydrogens is 210 g/mol. The summed E-state index contributed by atoms with van der Waals surface area (Å²) in [7, 11) is 0. The Morgan fingerprint density at radius 3 is 2.93 bits per heavy atom. The lowest BCUT2D eigenvalue weighted by molar-refractivity contribution is 0.363. The zero-order chi connectivity index (χ0) is 10.7. The van der Waals surface area contributed by atoms with Crippen molar-refractivity contribution in [1.29, 1.82) is 0 Å². The third-order valence-electron chi connectivity index (χ3n) is 2.00. The van der Waals surface area contributed by atoms with Gasteiger partial charge in [0.05, 0.1) is 5.52 Å². The second kappa shape index (κ2) is 4.32. The van der Waals surface area contributed by atoms with E-state index in [0.717, 1.165) is 16.7 Å². The first kappa shape index (κ1) is 9.99. The van der Waals surface area contributed by atoms with Crippen LogP contribution in [0.1, 0.15) is 0 Å². The number of hydrogen-bond donors (Lipinski definition) is 0. The second-order valence-electron chi connectivity index (χ2n) is 3.09. The summed E-state index contributed by atoms with van der Waals surface area (Å²) in [6.07, 6.45) is 1.70. The number of benzene rings is 1. The number of halogens is 1. The van der Waals surface area contributed by atoms with Crippen LogP contribution in [-0.2, 0) is 0 Å². The lowest BCUT2D eigenvalue weighted by Gasteiger charge is -2.04. The molecule has 0 atom stereocenters. The van der Waals surface area contributed by atoms with Crippen LogP contribution < -0.4 is 4.74 Å². The van der Waals surface area contributed by atoms with Gasteiger partial charge in [-0.2, -0.15) is 0 Å². The molecule has 15 heavy (non-hydrogen) atoms. The highest BCUT2D eigenvalue weighted by atomic mass is 35.5. The van der Waals surface area contributed by atoms with Crippen molar-refractivity contribution in [1.82, 2.24) is 4.98 Å². The zero-order valence-electron chi connectivity index (χ0n) is 8.11. The largest absolute Gasteiger partial charge is 0.489 e. The molecule has 2 nitrogen and oxygen atoms in total. The van der Waals surface area contributed by atoms with Crippen LogP contribution in [0, 0.1) is 0 Å². The highest BCUT2D eigenvalue weighted by Crippen LogP contribution is 2.20. The summed E-state index contributed by atoms with van der Waals surface area (Å²) >= 11 is 5.81. The van der Waals surface area contributed by atoms with E-state index in [9.17, 15) is 0 Å². The smallest absolute Gasteiger partial charge is 0.129 e. The van der Waals surface area contributed by atoms with Crippen LogP contribution in [0.2, 0.25) is 5.15 Å². The number of aromatic nitrogens is 1. The first-order valence-electron chi connectivity index (χ1n) is 4.59. The van der Waals surface area contributed by atoms with E-state index in [1.807, 2.05) is 24.3 Å². The van der Waals surface area contributed by atoms with E-state index in [4.69, 9.17) is 16.3 Å². The normalized spacial score (nSPS) is 10.2. The lowest BCUT2D eigenvalue weighted by Crippen LogP contribution is -1.92. The van der Waals surface area contributed by atoms with E-state index in [-0.39, 0.29) is 0 Å². The van der Waals surface area contributed by atoms with Gasteiger partial charge in [-0.05, 0) is 24.3 Å². The van der Waals surface area contributed by atoms with E-state index in [1.165, 1.54) is 0 Å². The predicted octanol–water partition coefficient (Wildman–Crippen LogP) is 3.45. The first-order chi connectivity index (χ1) is 7.29. The second-order valence-corrected chi connectivity index (χ2v) is 3.48. The van der Waals surface area contributed by atoms with Crippen LogP contribution in [-0.4, -0.2) is 11.6 Å². The quantitative estimate of drug-likeness (QED) is 0.583. The summed E-state index contributed by atoms with van der Waals surface area (Å²) in [5.41, 5.74) is 0.837. The lowest BCUT2D eigenvalue weighted by atomic mass is 10.2. The summed E-state index contributed by atoms with van der Waals surface area (Å²) in [6.45, 7) is 4.08. The molecule has 0 radical (unpaired) electrons. The molecule has 0 fully saturated rings. The topological polar surface area (TPSA) is 22.1 Å². The Labute approximate surface area is 93.2 Å². The molecule has 0 spiro atoms. The minimum atomic E-state index is 0.489. The SMILES string of the molecule is C=CCOc1ccc2ccc(Cl)nc2c1. The van der Waals surface area contributed by atoms with Crippen molar-refractivity contribution in [3.8, 4) is 5.75 Å². The van der Waals surface area contributed by atoms with Crippen LogP contribution >= 0.6 is 11.6 Å². The molecule has 3 heteroatoms. The molecule has 1 aromatic carbocycles. The molecule has 0 unspecified atom stereocenters. The summed E-state index contributed by atoms with van der Waals surface area (Å²) in [5, 5.41) is 1.54. The Morgan fingerprint density at radius 2 is 2.13 bits per heavy atom. The molecule has 0 aliphatic carbocycles. The van der Waals surface area contributed by atoms with Crippen molar-refractivity contribution in [3.05, 3.63) is 48.1 Å². The maximum atomic E-state index is 5.81. The summed E-state index contributed by atoms with van der Waals surface area (Å²) in [6, 6.07) is 9.43. The van der Waals surface area contributed by atoms with Gasteiger partial charge in [-0.3, -0.25) is 0 Å². The molecule has 0 bridgehead atoms. The van der Waals surface area contributed by atoms with Crippen molar-refractivity contribution < 1.29 is 4.74 Å². The Kier molecular flexibility index (Phi) is 2.88. The maximum absolute atomic E-state index is 5.81. The number of nitrogens with zero attached hydrogens (tertiary/aromatic N) is 1. The van der Waals surface area contributed by atoms with Crippen molar-refractivity contribution in [3.63, 3.8) is 0 Å². The number of hydrogen-bond acceptors (Lipinski definition) is 2. The van der Waals surface area contributed by atoms with Crippen LogP contribution in [0.25, 0.3) is 10.9 Å². The van der Waals surface area contributed by atoms with Gasteiger partial charge < -0.3 is 4.74 Å². The molecular formula is C12H10ClNO. The van der Waals surface area contributed by atoms with E-state index >= 15 is 0 Å². The number of ether oxygens (including phenoxy) is 1. The van der Waals surface area contributed by atoms with Crippen LogP contribution in [0.4, 0.5) is 0 Å². The highest BCUT2D eigenvalue weighted by Gasteiger charge is 1.98. The van der Waals surface area contributed by atoms with E-state index in [1.54, 1.807) is 12.1 Å². The number of fused-ring (bicyclic) bond motifs is 1. The zero-order valence-corrected chi connectivity index (χ0v) is 8.87. The van der Waals surface area contributed by atoms with Crippen molar-refractivity contribution >= 4 is 22.5 Å².